The van der Waals surface area contributed by atoms with Gasteiger partial charge in [-0.2, -0.15) is 0 Å². The van der Waals surface area contributed by atoms with Crippen LogP contribution < -0.4 is 4.74 Å². The molecule has 1 aliphatic rings. The summed E-state index contributed by atoms with van der Waals surface area (Å²) in [7, 11) is 0. The molecule has 1 fully saturated rings. The predicted octanol–water partition coefficient (Wildman–Crippen LogP) is 4.76. The van der Waals surface area contributed by atoms with Gasteiger partial charge in [0.15, 0.2) is 5.78 Å². The molecule has 1 atom stereocenters. The molecule has 0 aromatic heterocycles. The van der Waals surface area contributed by atoms with Gasteiger partial charge in [-0.15, -0.1) is 0 Å². The first-order valence-corrected chi connectivity index (χ1v) is 8.83. The van der Waals surface area contributed by atoms with E-state index in [1.165, 1.54) is 0 Å². The van der Waals surface area contributed by atoms with Crippen molar-refractivity contribution in [3.63, 3.8) is 0 Å². The monoisotopic (exact) mass is 388 g/mol. The quantitative estimate of drug-likeness (QED) is 0.547. The van der Waals surface area contributed by atoms with Crippen LogP contribution in [0.25, 0.3) is 0 Å². The zero-order valence-corrected chi connectivity index (χ0v) is 15.7. The molecule has 0 radical (unpaired) electrons. The molecular formula is C20H21BrO3. The number of carbonyl (C=O) groups excluding carboxylic acids is 1. The lowest BCUT2D eigenvalue weighted by Gasteiger charge is -2.19. The summed E-state index contributed by atoms with van der Waals surface area (Å²) >= 11 is 3.48. The van der Waals surface area contributed by atoms with Crippen molar-refractivity contribution in [3.8, 4) is 5.75 Å². The fraction of sp³-hybridized carbons (Fsp3) is 0.350. The van der Waals surface area contributed by atoms with Crippen LogP contribution in [0.4, 0.5) is 0 Å². The summed E-state index contributed by atoms with van der Waals surface area (Å²) in [6.45, 7) is 7.69. The molecule has 0 aliphatic carbocycles. The maximum absolute atomic E-state index is 12.9. The Kier molecular flexibility index (Phi) is 4.79. The number of ketones is 1. The number of hydrogen-bond acceptors (Lipinski definition) is 3. The molecule has 1 aliphatic heterocycles. The molecule has 24 heavy (non-hydrogen) atoms. The summed E-state index contributed by atoms with van der Waals surface area (Å²) < 4.78 is 11.6. The smallest absolute Gasteiger partial charge is 0.194 e. The number of benzene rings is 2. The van der Waals surface area contributed by atoms with Crippen LogP contribution in [0, 0.1) is 0 Å². The van der Waals surface area contributed by atoms with E-state index in [1.807, 2.05) is 30.3 Å². The second-order valence-electron chi connectivity index (χ2n) is 7.07. The van der Waals surface area contributed by atoms with Crippen LogP contribution in [0.15, 0.2) is 46.9 Å². The van der Waals surface area contributed by atoms with E-state index in [2.05, 4.69) is 42.8 Å². The van der Waals surface area contributed by atoms with E-state index in [-0.39, 0.29) is 17.3 Å². The lowest BCUT2D eigenvalue weighted by atomic mass is 9.85. The summed E-state index contributed by atoms with van der Waals surface area (Å²) in [5, 5.41) is 0. The van der Waals surface area contributed by atoms with Gasteiger partial charge in [0, 0.05) is 15.6 Å². The maximum atomic E-state index is 12.9. The Morgan fingerprint density at radius 2 is 2.00 bits per heavy atom. The zero-order chi connectivity index (χ0) is 17.3. The summed E-state index contributed by atoms with van der Waals surface area (Å²) in [6, 6.07) is 13.3. The van der Waals surface area contributed by atoms with Crippen molar-refractivity contribution in [2.24, 2.45) is 0 Å². The van der Waals surface area contributed by atoms with Crippen molar-refractivity contribution in [2.75, 3.05) is 13.2 Å². The molecular weight excluding hydrogens is 368 g/mol. The molecule has 1 unspecified atom stereocenters. The zero-order valence-electron chi connectivity index (χ0n) is 14.1. The van der Waals surface area contributed by atoms with Gasteiger partial charge in [-0.3, -0.25) is 4.79 Å². The Labute approximate surface area is 151 Å². The summed E-state index contributed by atoms with van der Waals surface area (Å²) in [5.74, 6) is 0.671. The fourth-order valence-corrected chi connectivity index (χ4v) is 2.83. The Morgan fingerprint density at radius 1 is 1.25 bits per heavy atom. The Morgan fingerprint density at radius 3 is 2.67 bits per heavy atom. The average Bonchev–Trinajstić information content (AvgIpc) is 3.37. The van der Waals surface area contributed by atoms with Gasteiger partial charge in [0.1, 0.15) is 18.5 Å². The van der Waals surface area contributed by atoms with E-state index in [0.29, 0.717) is 23.5 Å². The van der Waals surface area contributed by atoms with Crippen molar-refractivity contribution < 1.29 is 14.3 Å². The van der Waals surface area contributed by atoms with Crippen LogP contribution in [0.1, 0.15) is 42.3 Å². The van der Waals surface area contributed by atoms with Crippen LogP contribution in [0.5, 0.6) is 5.75 Å². The lowest BCUT2D eigenvalue weighted by Crippen LogP contribution is -2.12. The number of carbonyl (C=O) groups is 1. The Bertz CT molecular complexity index is 758. The third-order valence-electron chi connectivity index (χ3n) is 4.01. The standard InChI is InChI=1S/C20H21BrO3/c1-20(2,3)14-6-4-5-13(9-14)19(22)17-10-15(7-8-18(17)21)23-11-16-12-24-16/h4-10,16H,11-12H2,1-3H3. The minimum Gasteiger partial charge on any atom is -0.491 e. The van der Waals surface area contributed by atoms with E-state index in [1.54, 1.807) is 6.07 Å². The fourth-order valence-electron chi connectivity index (χ4n) is 2.40. The molecule has 3 nitrogen and oxygen atoms in total. The van der Waals surface area contributed by atoms with Crippen LogP contribution in [0.2, 0.25) is 0 Å². The molecule has 0 spiro atoms. The second-order valence-corrected chi connectivity index (χ2v) is 7.92. The number of halogens is 1. The third kappa shape index (κ3) is 4.05. The van der Waals surface area contributed by atoms with Gasteiger partial charge in [-0.25, -0.2) is 0 Å². The van der Waals surface area contributed by atoms with E-state index >= 15 is 0 Å². The molecule has 0 N–H and O–H groups in total. The molecule has 4 heteroatoms. The molecule has 0 amide bonds. The van der Waals surface area contributed by atoms with E-state index in [0.717, 1.165) is 16.6 Å². The first kappa shape index (κ1) is 17.2. The second kappa shape index (κ2) is 6.69. The van der Waals surface area contributed by atoms with Crippen LogP contribution >= 0.6 is 15.9 Å². The highest BCUT2D eigenvalue weighted by Gasteiger charge is 2.23. The Hall–Kier alpha value is -1.65. The third-order valence-corrected chi connectivity index (χ3v) is 4.70. The van der Waals surface area contributed by atoms with Gasteiger partial charge in [-0.1, -0.05) is 54.9 Å². The molecule has 0 bridgehead atoms. The molecule has 2 aromatic rings. The minimum atomic E-state index is -0.0129. The number of epoxide rings is 1. The molecule has 0 saturated carbocycles. The van der Waals surface area contributed by atoms with Gasteiger partial charge in [0.2, 0.25) is 0 Å². The Balaban J connectivity index is 1.87. The predicted molar refractivity (Wildman–Crippen MR) is 98.0 cm³/mol. The molecule has 2 aromatic carbocycles. The summed E-state index contributed by atoms with van der Waals surface area (Å²) in [4.78, 5) is 12.9. The van der Waals surface area contributed by atoms with Crippen molar-refractivity contribution in [3.05, 3.63) is 63.6 Å². The highest BCUT2D eigenvalue weighted by atomic mass is 79.9. The normalized spacial score (nSPS) is 16.8. The van der Waals surface area contributed by atoms with Gasteiger partial charge < -0.3 is 9.47 Å². The van der Waals surface area contributed by atoms with E-state index < -0.39 is 0 Å². The summed E-state index contributed by atoms with van der Waals surface area (Å²) in [5.41, 5.74) is 2.44. The molecule has 1 heterocycles. The first-order chi connectivity index (χ1) is 11.3. The van der Waals surface area contributed by atoms with Gasteiger partial charge >= 0.3 is 0 Å². The SMILES string of the molecule is CC(C)(C)c1cccc(C(=O)c2cc(OCC3CO3)ccc2Br)c1. The topological polar surface area (TPSA) is 38.8 Å². The van der Waals surface area contributed by atoms with Crippen LogP contribution in [0.3, 0.4) is 0 Å². The molecule has 126 valence electrons. The van der Waals surface area contributed by atoms with Gasteiger partial charge in [0.25, 0.3) is 0 Å². The van der Waals surface area contributed by atoms with Crippen molar-refractivity contribution in [1.29, 1.82) is 0 Å². The molecule has 3 rings (SSSR count). The van der Waals surface area contributed by atoms with E-state index in [4.69, 9.17) is 9.47 Å². The first-order valence-electron chi connectivity index (χ1n) is 8.04. The van der Waals surface area contributed by atoms with Crippen LogP contribution in [-0.4, -0.2) is 25.1 Å². The van der Waals surface area contributed by atoms with Crippen molar-refractivity contribution >= 4 is 21.7 Å². The molecule has 1 saturated heterocycles. The maximum Gasteiger partial charge on any atom is 0.194 e. The van der Waals surface area contributed by atoms with Crippen molar-refractivity contribution in [1.82, 2.24) is 0 Å². The summed E-state index contributed by atoms with van der Waals surface area (Å²) in [6.07, 6.45) is 0.191. The minimum absolute atomic E-state index is 0.00272. The van der Waals surface area contributed by atoms with Gasteiger partial charge in [0.05, 0.1) is 6.61 Å². The highest BCUT2D eigenvalue weighted by Crippen LogP contribution is 2.28. The van der Waals surface area contributed by atoms with Crippen LogP contribution in [-0.2, 0) is 10.2 Å². The number of hydrogen-bond donors (Lipinski definition) is 0. The number of ether oxygens (including phenoxy) is 2. The average molecular weight is 389 g/mol. The van der Waals surface area contributed by atoms with Crippen molar-refractivity contribution in [2.45, 2.75) is 32.3 Å². The largest absolute Gasteiger partial charge is 0.491 e. The lowest BCUT2D eigenvalue weighted by molar-refractivity contribution is 0.103. The van der Waals surface area contributed by atoms with E-state index in [9.17, 15) is 4.79 Å². The number of rotatable bonds is 5. The highest BCUT2D eigenvalue weighted by molar-refractivity contribution is 9.10. The van der Waals surface area contributed by atoms with Gasteiger partial charge in [-0.05, 0) is 35.2 Å².